The average Bonchev–Trinajstić information content (AvgIpc) is 3.36. The van der Waals surface area contributed by atoms with Crippen molar-refractivity contribution in [1.82, 2.24) is 20.2 Å². The number of ether oxygens (including phenoxy) is 3. The van der Waals surface area contributed by atoms with Crippen molar-refractivity contribution in [2.75, 3.05) is 27.1 Å². The molecular weight excluding hydrogens is 478 g/mol. The van der Waals surface area contributed by atoms with Gasteiger partial charge in [0.1, 0.15) is 17.2 Å². The van der Waals surface area contributed by atoms with Gasteiger partial charge in [0.05, 0.1) is 33.3 Å². The third kappa shape index (κ3) is 5.84. The maximum Gasteiger partial charge on any atom is 0.250 e. The van der Waals surface area contributed by atoms with Gasteiger partial charge in [-0.1, -0.05) is 30.0 Å². The number of hydrogen-bond donors (Lipinski definition) is 1. The predicted molar refractivity (Wildman–Crippen MR) is 139 cm³/mol. The van der Waals surface area contributed by atoms with Crippen LogP contribution in [-0.2, 0) is 4.79 Å². The lowest BCUT2D eigenvalue weighted by molar-refractivity contribution is -0.118. The summed E-state index contributed by atoms with van der Waals surface area (Å²) in [7, 11) is 4.77. The van der Waals surface area contributed by atoms with Gasteiger partial charge < -0.3 is 14.2 Å². The first-order valence-electron chi connectivity index (χ1n) is 10.9. The number of methoxy groups -OCH3 is 3. The van der Waals surface area contributed by atoms with Crippen molar-refractivity contribution in [3.05, 3.63) is 78.4 Å². The highest BCUT2D eigenvalue weighted by atomic mass is 32.2. The molecule has 0 saturated heterocycles. The third-order valence-corrected chi connectivity index (χ3v) is 6.09. The number of benzene rings is 3. The average molecular weight is 504 g/mol. The van der Waals surface area contributed by atoms with E-state index in [1.54, 1.807) is 39.5 Å². The SMILES string of the molecule is COc1ccc(-c2nnc(SCC(=O)N/N=C\c3ccc(OC)cc3OC)n2-c2ccccc2)cc1. The van der Waals surface area contributed by atoms with Gasteiger partial charge >= 0.3 is 0 Å². The molecule has 9 nitrogen and oxygen atoms in total. The number of para-hydroxylation sites is 1. The molecule has 1 aromatic heterocycles. The molecule has 0 aliphatic rings. The Morgan fingerprint density at radius 3 is 2.36 bits per heavy atom. The van der Waals surface area contributed by atoms with Crippen LogP contribution in [0.1, 0.15) is 5.56 Å². The lowest BCUT2D eigenvalue weighted by Gasteiger charge is -2.10. The lowest BCUT2D eigenvalue weighted by atomic mass is 10.2. The van der Waals surface area contributed by atoms with Gasteiger partial charge in [-0.2, -0.15) is 5.10 Å². The summed E-state index contributed by atoms with van der Waals surface area (Å²) in [5, 5.41) is 13.4. The van der Waals surface area contributed by atoms with Crippen molar-refractivity contribution in [1.29, 1.82) is 0 Å². The smallest absolute Gasteiger partial charge is 0.250 e. The first-order valence-corrected chi connectivity index (χ1v) is 11.9. The van der Waals surface area contributed by atoms with Gasteiger partial charge in [-0.25, -0.2) is 5.43 Å². The quantitative estimate of drug-likeness (QED) is 0.197. The van der Waals surface area contributed by atoms with Crippen LogP contribution in [0.4, 0.5) is 0 Å². The standard InChI is InChI=1S/C26H25N5O4S/c1-33-21-12-9-18(10-13-21)25-29-30-26(31(25)20-7-5-4-6-8-20)36-17-24(32)28-27-16-19-11-14-22(34-2)15-23(19)35-3/h4-16H,17H2,1-3H3,(H,28,32)/b27-16-. The van der Waals surface area contributed by atoms with Crippen molar-refractivity contribution < 1.29 is 19.0 Å². The van der Waals surface area contributed by atoms with E-state index in [1.165, 1.54) is 18.0 Å². The van der Waals surface area contributed by atoms with Gasteiger partial charge in [0.2, 0.25) is 0 Å². The minimum Gasteiger partial charge on any atom is -0.497 e. The highest BCUT2D eigenvalue weighted by molar-refractivity contribution is 7.99. The van der Waals surface area contributed by atoms with E-state index in [4.69, 9.17) is 14.2 Å². The maximum atomic E-state index is 12.5. The molecule has 1 amide bonds. The maximum absolute atomic E-state index is 12.5. The fourth-order valence-corrected chi connectivity index (χ4v) is 4.11. The van der Waals surface area contributed by atoms with E-state index in [0.717, 1.165) is 17.0 Å². The topological polar surface area (TPSA) is 99.9 Å². The summed E-state index contributed by atoms with van der Waals surface area (Å²) in [5.41, 5.74) is 5.02. The highest BCUT2D eigenvalue weighted by Gasteiger charge is 2.17. The van der Waals surface area contributed by atoms with E-state index in [2.05, 4.69) is 20.7 Å². The van der Waals surface area contributed by atoms with Crippen molar-refractivity contribution >= 4 is 23.9 Å². The zero-order valence-electron chi connectivity index (χ0n) is 20.0. The number of amides is 1. The van der Waals surface area contributed by atoms with Crippen LogP contribution < -0.4 is 19.6 Å². The van der Waals surface area contributed by atoms with Crippen molar-refractivity contribution in [2.24, 2.45) is 5.10 Å². The van der Waals surface area contributed by atoms with Crippen LogP contribution in [0.15, 0.2) is 83.1 Å². The summed E-state index contributed by atoms with van der Waals surface area (Å²) in [5.74, 6) is 2.49. The number of aromatic nitrogens is 3. The van der Waals surface area contributed by atoms with E-state index in [0.29, 0.717) is 28.0 Å². The Kier molecular flexibility index (Phi) is 8.20. The highest BCUT2D eigenvalue weighted by Crippen LogP contribution is 2.29. The fraction of sp³-hybridized carbons (Fsp3) is 0.154. The Morgan fingerprint density at radius 2 is 1.67 bits per heavy atom. The van der Waals surface area contributed by atoms with Gasteiger partial charge in [0, 0.05) is 22.9 Å². The van der Waals surface area contributed by atoms with Crippen LogP contribution in [0, 0.1) is 0 Å². The lowest BCUT2D eigenvalue weighted by Crippen LogP contribution is -2.20. The van der Waals surface area contributed by atoms with Gasteiger partial charge in [-0.15, -0.1) is 10.2 Å². The van der Waals surface area contributed by atoms with Crippen LogP contribution in [0.25, 0.3) is 17.1 Å². The van der Waals surface area contributed by atoms with E-state index in [1.807, 2.05) is 59.2 Å². The summed E-state index contributed by atoms with van der Waals surface area (Å²) in [6.45, 7) is 0. The Morgan fingerprint density at radius 1 is 0.944 bits per heavy atom. The normalized spacial score (nSPS) is 10.9. The first-order chi connectivity index (χ1) is 17.6. The predicted octanol–water partition coefficient (Wildman–Crippen LogP) is 4.20. The van der Waals surface area contributed by atoms with Crippen molar-refractivity contribution in [2.45, 2.75) is 5.16 Å². The molecule has 0 bridgehead atoms. The number of rotatable bonds is 10. The molecule has 0 aliphatic carbocycles. The number of nitrogens with one attached hydrogen (secondary N) is 1. The molecule has 3 aromatic carbocycles. The largest absolute Gasteiger partial charge is 0.497 e. The minimum atomic E-state index is -0.280. The number of hydrazone groups is 1. The van der Waals surface area contributed by atoms with Gasteiger partial charge in [-0.05, 0) is 48.5 Å². The summed E-state index contributed by atoms with van der Waals surface area (Å²) < 4.78 is 17.7. The van der Waals surface area contributed by atoms with Crippen LogP contribution >= 0.6 is 11.8 Å². The Labute approximate surface area is 213 Å². The molecular formula is C26H25N5O4S. The van der Waals surface area contributed by atoms with Crippen LogP contribution in [0.3, 0.4) is 0 Å². The zero-order valence-corrected chi connectivity index (χ0v) is 20.9. The molecule has 184 valence electrons. The number of carbonyl (C=O) groups excluding carboxylic acids is 1. The van der Waals surface area contributed by atoms with E-state index < -0.39 is 0 Å². The molecule has 0 aliphatic heterocycles. The van der Waals surface area contributed by atoms with E-state index in [-0.39, 0.29) is 11.7 Å². The van der Waals surface area contributed by atoms with E-state index in [9.17, 15) is 4.79 Å². The molecule has 4 aromatic rings. The molecule has 36 heavy (non-hydrogen) atoms. The van der Waals surface area contributed by atoms with Crippen LogP contribution in [0.5, 0.6) is 17.2 Å². The second-order valence-electron chi connectivity index (χ2n) is 7.40. The second kappa shape index (κ2) is 11.9. The summed E-state index contributed by atoms with van der Waals surface area (Å²) in [6, 6.07) is 22.7. The van der Waals surface area contributed by atoms with Gasteiger partial charge in [0.25, 0.3) is 5.91 Å². The summed E-state index contributed by atoms with van der Waals surface area (Å²) >= 11 is 1.27. The number of nitrogens with zero attached hydrogens (tertiary/aromatic N) is 4. The molecule has 0 atom stereocenters. The molecule has 1 N–H and O–H groups in total. The van der Waals surface area contributed by atoms with Gasteiger partial charge in [-0.3, -0.25) is 9.36 Å². The zero-order chi connectivity index (χ0) is 25.3. The van der Waals surface area contributed by atoms with Crippen molar-refractivity contribution in [3.63, 3.8) is 0 Å². The Hall–Kier alpha value is -4.31. The first kappa shape index (κ1) is 24.8. The summed E-state index contributed by atoms with van der Waals surface area (Å²) in [6.07, 6.45) is 1.52. The Bertz CT molecular complexity index is 1340. The molecule has 1 heterocycles. The Balaban J connectivity index is 1.48. The number of carbonyl (C=O) groups is 1. The fourth-order valence-electron chi connectivity index (χ4n) is 3.36. The molecule has 4 rings (SSSR count). The van der Waals surface area contributed by atoms with E-state index >= 15 is 0 Å². The number of hydrogen-bond acceptors (Lipinski definition) is 8. The molecule has 10 heteroatoms. The molecule has 0 unspecified atom stereocenters. The molecule has 0 saturated carbocycles. The summed E-state index contributed by atoms with van der Waals surface area (Å²) in [4.78, 5) is 12.5. The van der Waals surface area contributed by atoms with Crippen LogP contribution in [0.2, 0.25) is 0 Å². The monoisotopic (exact) mass is 503 g/mol. The second-order valence-corrected chi connectivity index (χ2v) is 8.34. The molecule has 0 fully saturated rings. The number of thioether (sulfide) groups is 1. The molecule has 0 radical (unpaired) electrons. The third-order valence-electron chi connectivity index (χ3n) is 5.16. The van der Waals surface area contributed by atoms with Crippen LogP contribution in [-0.4, -0.2) is 54.0 Å². The minimum absolute atomic E-state index is 0.102. The van der Waals surface area contributed by atoms with Gasteiger partial charge in [0.15, 0.2) is 11.0 Å². The van der Waals surface area contributed by atoms with Crippen molar-refractivity contribution in [3.8, 4) is 34.3 Å². The molecule has 0 spiro atoms.